The largest absolute Gasteiger partial charge is 0.361 e. The number of hydrogen-bond acceptors (Lipinski definition) is 3. The number of para-hydroxylation sites is 2. The van der Waals surface area contributed by atoms with Gasteiger partial charge in [0, 0.05) is 42.2 Å². The maximum absolute atomic E-state index is 13.6. The molecule has 2 amide bonds. The van der Waals surface area contributed by atoms with Crippen molar-refractivity contribution in [1.29, 1.82) is 0 Å². The Morgan fingerprint density at radius 1 is 1.10 bits per heavy atom. The summed E-state index contributed by atoms with van der Waals surface area (Å²) in [6.45, 7) is 3.07. The zero-order valence-electron chi connectivity index (χ0n) is 17.4. The van der Waals surface area contributed by atoms with Crippen molar-refractivity contribution in [3.63, 3.8) is 0 Å². The molecule has 1 atom stereocenters. The first-order chi connectivity index (χ1) is 14.6. The summed E-state index contributed by atoms with van der Waals surface area (Å²) in [5.74, 6) is -0.252. The van der Waals surface area contributed by atoms with Crippen LogP contribution in [0, 0.1) is 0 Å². The highest BCUT2D eigenvalue weighted by molar-refractivity contribution is 5.99. The number of nitrogens with one attached hydrogen (secondary N) is 2. The minimum absolute atomic E-state index is 0.102. The third kappa shape index (κ3) is 5.27. The standard InChI is InChI=1S/C24H30N4O2/c1-2-15-28(19-9-4-3-5-10-19)24(30)22(27-23(29)13-8-14-25)16-18-17-26-21-12-7-6-11-20(18)21/h3-7,9-12,17,22,26H,2,8,13-16,25H2,1H3,(H,27,29). The molecule has 0 radical (unpaired) electrons. The minimum atomic E-state index is -0.652. The predicted octanol–water partition coefficient (Wildman–Crippen LogP) is 3.38. The number of amides is 2. The Balaban J connectivity index is 1.89. The average molecular weight is 407 g/mol. The van der Waals surface area contributed by atoms with Gasteiger partial charge in [-0.1, -0.05) is 43.3 Å². The molecule has 30 heavy (non-hydrogen) atoms. The number of carbonyl (C=O) groups excluding carboxylic acids is 2. The summed E-state index contributed by atoms with van der Waals surface area (Å²) < 4.78 is 0. The lowest BCUT2D eigenvalue weighted by Gasteiger charge is -2.28. The van der Waals surface area contributed by atoms with Gasteiger partial charge in [0.05, 0.1) is 0 Å². The molecule has 158 valence electrons. The van der Waals surface area contributed by atoms with Crippen LogP contribution in [0.25, 0.3) is 10.9 Å². The van der Waals surface area contributed by atoms with E-state index < -0.39 is 6.04 Å². The molecule has 1 aromatic heterocycles. The highest BCUT2D eigenvalue weighted by Gasteiger charge is 2.27. The minimum Gasteiger partial charge on any atom is -0.361 e. The lowest BCUT2D eigenvalue weighted by atomic mass is 10.0. The Labute approximate surface area is 177 Å². The molecule has 0 aliphatic carbocycles. The first kappa shape index (κ1) is 21.6. The Morgan fingerprint density at radius 2 is 1.83 bits per heavy atom. The van der Waals surface area contributed by atoms with E-state index >= 15 is 0 Å². The van der Waals surface area contributed by atoms with Gasteiger partial charge in [-0.25, -0.2) is 0 Å². The second kappa shape index (κ2) is 10.6. The molecule has 4 N–H and O–H groups in total. The van der Waals surface area contributed by atoms with E-state index in [1.165, 1.54) is 0 Å². The number of benzene rings is 2. The maximum atomic E-state index is 13.6. The summed E-state index contributed by atoms with van der Waals surface area (Å²) in [5, 5.41) is 4.03. The van der Waals surface area contributed by atoms with Crippen LogP contribution in [0.3, 0.4) is 0 Å². The van der Waals surface area contributed by atoms with Crippen LogP contribution in [-0.2, 0) is 16.0 Å². The van der Waals surface area contributed by atoms with Gasteiger partial charge in [0.2, 0.25) is 11.8 Å². The average Bonchev–Trinajstić information content (AvgIpc) is 3.18. The molecule has 0 aliphatic rings. The van der Waals surface area contributed by atoms with Gasteiger partial charge in [0.25, 0.3) is 0 Å². The molecule has 1 heterocycles. The van der Waals surface area contributed by atoms with Crippen molar-refractivity contribution in [3.05, 3.63) is 66.4 Å². The molecule has 3 rings (SSSR count). The molecule has 0 spiro atoms. The normalized spacial score (nSPS) is 11.9. The van der Waals surface area contributed by atoms with Gasteiger partial charge in [0.15, 0.2) is 0 Å². The molecular formula is C24H30N4O2. The zero-order chi connectivity index (χ0) is 21.3. The number of aromatic amines is 1. The Bertz CT molecular complexity index is 968. The van der Waals surface area contributed by atoms with Gasteiger partial charge in [-0.15, -0.1) is 0 Å². The predicted molar refractivity (Wildman–Crippen MR) is 121 cm³/mol. The van der Waals surface area contributed by atoms with Gasteiger partial charge >= 0.3 is 0 Å². The van der Waals surface area contributed by atoms with Crippen LogP contribution in [0.15, 0.2) is 60.8 Å². The molecule has 0 fully saturated rings. The second-order valence-electron chi connectivity index (χ2n) is 7.40. The first-order valence-electron chi connectivity index (χ1n) is 10.5. The number of fused-ring (bicyclic) bond motifs is 1. The van der Waals surface area contributed by atoms with E-state index in [4.69, 9.17) is 5.73 Å². The molecule has 0 bridgehead atoms. The zero-order valence-corrected chi connectivity index (χ0v) is 17.4. The van der Waals surface area contributed by atoms with E-state index in [0.29, 0.717) is 32.4 Å². The third-order valence-corrected chi connectivity index (χ3v) is 5.12. The van der Waals surface area contributed by atoms with Crippen LogP contribution in [0.1, 0.15) is 31.7 Å². The number of aromatic nitrogens is 1. The van der Waals surface area contributed by atoms with Crippen molar-refractivity contribution >= 4 is 28.4 Å². The fourth-order valence-electron chi connectivity index (χ4n) is 3.64. The summed E-state index contributed by atoms with van der Waals surface area (Å²) in [7, 11) is 0. The van der Waals surface area contributed by atoms with E-state index in [1.807, 2.05) is 67.7 Å². The molecule has 0 aliphatic heterocycles. The van der Waals surface area contributed by atoms with Crippen molar-refractivity contribution in [1.82, 2.24) is 10.3 Å². The van der Waals surface area contributed by atoms with Gasteiger partial charge < -0.3 is 20.9 Å². The van der Waals surface area contributed by atoms with Crippen molar-refractivity contribution in [2.24, 2.45) is 5.73 Å². The molecule has 0 saturated heterocycles. The van der Waals surface area contributed by atoms with Gasteiger partial charge in [0.1, 0.15) is 6.04 Å². The SMILES string of the molecule is CCCN(C(=O)C(Cc1c[nH]c2ccccc12)NC(=O)CCCN)c1ccccc1. The van der Waals surface area contributed by atoms with E-state index in [-0.39, 0.29) is 11.8 Å². The van der Waals surface area contributed by atoms with E-state index in [0.717, 1.165) is 28.6 Å². The summed E-state index contributed by atoms with van der Waals surface area (Å²) in [4.78, 5) is 31.1. The topological polar surface area (TPSA) is 91.2 Å². The van der Waals surface area contributed by atoms with Crippen molar-refractivity contribution in [2.75, 3.05) is 18.0 Å². The molecule has 1 unspecified atom stereocenters. The number of nitrogens with two attached hydrogens (primary N) is 1. The fourth-order valence-corrected chi connectivity index (χ4v) is 3.64. The Hall–Kier alpha value is -3.12. The van der Waals surface area contributed by atoms with Crippen LogP contribution in [0.4, 0.5) is 5.69 Å². The second-order valence-corrected chi connectivity index (χ2v) is 7.40. The van der Waals surface area contributed by atoms with Gasteiger partial charge in [-0.2, -0.15) is 0 Å². The Kier molecular flexibility index (Phi) is 7.63. The van der Waals surface area contributed by atoms with Crippen LogP contribution >= 0.6 is 0 Å². The highest BCUT2D eigenvalue weighted by Crippen LogP contribution is 2.21. The molecule has 3 aromatic rings. The lowest BCUT2D eigenvalue weighted by Crippen LogP contribution is -2.50. The van der Waals surface area contributed by atoms with Gasteiger partial charge in [-0.05, 0) is 43.1 Å². The summed E-state index contributed by atoms with van der Waals surface area (Å²) in [5.41, 5.74) is 8.40. The van der Waals surface area contributed by atoms with E-state index in [9.17, 15) is 9.59 Å². The number of nitrogens with zero attached hydrogens (tertiary/aromatic N) is 1. The fraction of sp³-hybridized carbons (Fsp3) is 0.333. The lowest BCUT2D eigenvalue weighted by molar-refractivity contribution is -0.127. The van der Waals surface area contributed by atoms with Crippen LogP contribution in [0.2, 0.25) is 0 Å². The van der Waals surface area contributed by atoms with Crippen LogP contribution < -0.4 is 16.0 Å². The molecule has 6 nitrogen and oxygen atoms in total. The number of H-pyrrole nitrogens is 1. The number of hydrogen-bond donors (Lipinski definition) is 3. The summed E-state index contributed by atoms with van der Waals surface area (Å²) in [6, 6.07) is 16.9. The molecular weight excluding hydrogens is 376 g/mol. The van der Waals surface area contributed by atoms with Crippen molar-refractivity contribution in [3.8, 4) is 0 Å². The molecule has 2 aromatic carbocycles. The summed E-state index contributed by atoms with van der Waals surface area (Å²) >= 11 is 0. The Morgan fingerprint density at radius 3 is 2.57 bits per heavy atom. The molecule has 6 heteroatoms. The van der Waals surface area contributed by atoms with Crippen molar-refractivity contribution in [2.45, 2.75) is 38.6 Å². The third-order valence-electron chi connectivity index (χ3n) is 5.12. The van der Waals surface area contributed by atoms with E-state index in [2.05, 4.69) is 10.3 Å². The smallest absolute Gasteiger partial charge is 0.249 e. The number of carbonyl (C=O) groups is 2. The summed E-state index contributed by atoms with van der Waals surface area (Å²) in [6.07, 6.45) is 4.07. The van der Waals surface area contributed by atoms with Crippen LogP contribution in [-0.4, -0.2) is 35.9 Å². The van der Waals surface area contributed by atoms with Gasteiger partial charge in [-0.3, -0.25) is 9.59 Å². The first-order valence-corrected chi connectivity index (χ1v) is 10.5. The maximum Gasteiger partial charge on any atom is 0.249 e. The quantitative estimate of drug-likeness (QED) is 0.482. The number of anilines is 1. The molecule has 0 saturated carbocycles. The van der Waals surface area contributed by atoms with Crippen molar-refractivity contribution < 1.29 is 9.59 Å². The highest BCUT2D eigenvalue weighted by atomic mass is 16.2. The van der Waals surface area contributed by atoms with Crippen LogP contribution in [0.5, 0.6) is 0 Å². The van der Waals surface area contributed by atoms with E-state index in [1.54, 1.807) is 4.90 Å². The monoisotopic (exact) mass is 406 g/mol. The number of rotatable bonds is 10.